The Bertz CT molecular complexity index is 695. The van der Waals surface area contributed by atoms with Crippen molar-refractivity contribution in [2.45, 2.75) is 0 Å². The van der Waals surface area contributed by atoms with Gasteiger partial charge in [-0.3, -0.25) is 0 Å². The van der Waals surface area contributed by atoms with Crippen LogP contribution in [0.25, 0.3) is 5.57 Å². The zero-order chi connectivity index (χ0) is 17.7. The van der Waals surface area contributed by atoms with E-state index < -0.39 is 0 Å². The van der Waals surface area contributed by atoms with E-state index in [0.717, 1.165) is 16.7 Å². The third kappa shape index (κ3) is 3.37. The van der Waals surface area contributed by atoms with Crippen LogP contribution in [0, 0.1) is 0 Å². The van der Waals surface area contributed by atoms with E-state index in [-0.39, 0.29) is 0 Å². The van der Waals surface area contributed by atoms with Gasteiger partial charge in [-0.2, -0.15) is 4.98 Å². The summed E-state index contributed by atoms with van der Waals surface area (Å²) < 4.78 is 26.5. The van der Waals surface area contributed by atoms with Crippen LogP contribution in [0.15, 0.2) is 30.8 Å². The number of pyridine rings is 1. The number of ether oxygens (including phenoxy) is 5. The fraction of sp³-hybridized carbons (Fsp3) is 0.278. The van der Waals surface area contributed by atoms with E-state index in [1.807, 2.05) is 12.1 Å². The minimum Gasteiger partial charge on any atom is -0.493 e. The molecule has 1 aromatic heterocycles. The van der Waals surface area contributed by atoms with Crippen LogP contribution in [-0.4, -0.2) is 40.5 Å². The summed E-state index contributed by atoms with van der Waals surface area (Å²) >= 11 is 0. The van der Waals surface area contributed by atoms with Crippen molar-refractivity contribution in [2.75, 3.05) is 35.5 Å². The first-order valence-electron chi connectivity index (χ1n) is 7.17. The van der Waals surface area contributed by atoms with Gasteiger partial charge >= 0.3 is 0 Å². The molecule has 2 aromatic rings. The fourth-order valence-electron chi connectivity index (χ4n) is 2.29. The number of rotatable bonds is 7. The highest BCUT2D eigenvalue weighted by atomic mass is 16.5. The Labute approximate surface area is 141 Å². The zero-order valence-corrected chi connectivity index (χ0v) is 14.5. The topological polar surface area (TPSA) is 59.0 Å². The maximum Gasteiger partial charge on any atom is 0.216 e. The van der Waals surface area contributed by atoms with Crippen molar-refractivity contribution in [3.63, 3.8) is 0 Å². The predicted molar refractivity (Wildman–Crippen MR) is 91.6 cm³/mol. The minimum atomic E-state index is 0.443. The number of hydrogen-bond donors (Lipinski definition) is 0. The summed E-state index contributed by atoms with van der Waals surface area (Å²) in [4.78, 5) is 4.19. The fourth-order valence-corrected chi connectivity index (χ4v) is 2.29. The van der Waals surface area contributed by atoms with Crippen molar-refractivity contribution in [1.29, 1.82) is 0 Å². The Hall–Kier alpha value is -2.89. The van der Waals surface area contributed by atoms with Crippen molar-refractivity contribution in [3.05, 3.63) is 42.0 Å². The molecule has 0 atom stereocenters. The maximum atomic E-state index is 5.39. The lowest BCUT2D eigenvalue weighted by Crippen LogP contribution is -1.98. The largest absolute Gasteiger partial charge is 0.493 e. The average molecular weight is 331 g/mol. The molecule has 24 heavy (non-hydrogen) atoms. The van der Waals surface area contributed by atoms with E-state index in [4.69, 9.17) is 23.7 Å². The molecule has 0 aliphatic carbocycles. The molecule has 0 unspecified atom stereocenters. The first kappa shape index (κ1) is 17.5. The smallest absolute Gasteiger partial charge is 0.216 e. The number of aromatic nitrogens is 1. The Morgan fingerprint density at radius 2 is 1.17 bits per heavy atom. The lowest BCUT2D eigenvalue weighted by Gasteiger charge is -2.16. The third-order valence-electron chi connectivity index (χ3n) is 3.56. The van der Waals surface area contributed by atoms with E-state index in [9.17, 15) is 0 Å². The van der Waals surface area contributed by atoms with Crippen LogP contribution in [0.4, 0.5) is 0 Å². The second kappa shape index (κ2) is 7.59. The van der Waals surface area contributed by atoms with Gasteiger partial charge in [0.1, 0.15) is 0 Å². The molecule has 0 amide bonds. The molecule has 0 N–H and O–H groups in total. The van der Waals surface area contributed by atoms with Crippen molar-refractivity contribution >= 4 is 5.57 Å². The second-order valence-corrected chi connectivity index (χ2v) is 4.83. The van der Waals surface area contributed by atoms with Crippen molar-refractivity contribution in [3.8, 4) is 29.0 Å². The van der Waals surface area contributed by atoms with Crippen LogP contribution < -0.4 is 23.7 Å². The molecule has 128 valence electrons. The van der Waals surface area contributed by atoms with Crippen LogP contribution in [-0.2, 0) is 0 Å². The van der Waals surface area contributed by atoms with Gasteiger partial charge in [-0.25, -0.2) is 0 Å². The van der Waals surface area contributed by atoms with Gasteiger partial charge in [-0.15, -0.1) is 0 Å². The van der Waals surface area contributed by atoms with Crippen molar-refractivity contribution in [1.82, 2.24) is 4.98 Å². The molecule has 0 radical (unpaired) electrons. The van der Waals surface area contributed by atoms with Crippen LogP contribution >= 0.6 is 0 Å². The van der Waals surface area contributed by atoms with E-state index >= 15 is 0 Å². The van der Waals surface area contributed by atoms with E-state index in [1.165, 1.54) is 0 Å². The van der Waals surface area contributed by atoms with Crippen LogP contribution in [0.2, 0.25) is 0 Å². The molecule has 0 bridgehead atoms. The lowest BCUT2D eigenvalue weighted by atomic mass is 9.99. The van der Waals surface area contributed by atoms with Gasteiger partial charge in [0, 0.05) is 12.1 Å². The van der Waals surface area contributed by atoms with Gasteiger partial charge in [0.2, 0.25) is 17.5 Å². The molecule has 6 nitrogen and oxygen atoms in total. The Morgan fingerprint density at radius 3 is 1.54 bits per heavy atom. The normalized spacial score (nSPS) is 10.0. The Morgan fingerprint density at radius 1 is 0.708 bits per heavy atom. The van der Waals surface area contributed by atoms with Crippen LogP contribution in [0.1, 0.15) is 11.1 Å². The van der Waals surface area contributed by atoms with E-state index in [0.29, 0.717) is 29.0 Å². The number of benzene rings is 1. The van der Waals surface area contributed by atoms with Crippen molar-refractivity contribution in [2.24, 2.45) is 0 Å². The summed E-state index contributed by atoms with van der Waals surface area (Å²) in [6, 6.07) is 7.24. The van der Waals surface area contributed by atoms with E-state index in [1.54, 1.807) is 47.7 Å². The van der Waals surface area contributed by atoms with Crippen LogP contribution in [0.5, 0.6) is 29.0 Å². The lowest BCUT2D eigenvalue weighted by molar-refractivity contribution is 0.324. The summed E-state index contributed by atoms with van der Waals surface area (Å²) in [7, 11) is 7.81. The average Bonchev–Trinajstić information content (AvgIpc) is 2.65. The van der Waals surface area contributed by atoms with Gasteiger partial charge < -0.3 is 23.7 Å². The first-order valence-corrected chi connectivity index (χ1v) is 7.17. The number of nitrogens with zero attached hydrogens (tertiary/aromatic N) is 1. The van der Waals surface area contributed by atoms with Gasteiger partial charge in [-0.05, 0) is 28.8 Å². The molecule has 1 heterocycles. The van der Waals surface area contributed by atoms with Crippen LogP contribution in [0.3, 0.4) is 0 Å². The molecular weight excluding hydrogens is 310 g/mol. The second-order valence-electron chi connectivity index (χ2n) is 4.83. The molecule has 0 saturated carbocycles. The molecular formula is C18H21NO5. The molecule has 6 heteroatoms. The Kier molecular flexibility index (Phi) is 5.52. The quantitative estimate of drug-likeness (QED) is 0.776. The summed E-state index contributed by atoms with van der Waals surface area (Å²) in [5, 5.41) is 0. The summed E-state index contributed by atoms with van der Waals surface area (Å²) in [5.41, 5.74) is 2.38. The monoisotopic (exact) mass is 331 g/mol. The minimum absolute atomic E-state index is 0.443. The summed E-state index contributed by atoms with van der Waals surface area (Å²) in [6.07, 6.45) is 0. The van der Waals surface area contributed by atoms with Gasteiger partial charge in [0.15, 0.2) is 11.5 Å². The van der Waals surface area contributed by atoms with Gasteiger partial charge in [-0.1, -0.05) is 6.58 Å². The molecule has 2 rings (SSSR count). The number of methoxy groups -OCH3 is 5. The maximum absolute atomic E-state index is 5.39. The highest BCUT2D eigenvalue weighted by Crippen LogP contribution is 2.41. The SMILES string of the molecule is C=C(c1cc(OC)nc(OC)c1)c1cc(OC)c(OC)c(OC)c1. The first-order chi connectivity index (χ1) is 11.6. The Balaban J connectivity index is 2.53. The third-order valence-corrected chi connectivity index (χ3v) is 3.56. The molecule has 1 aromatic carbocycles. The van der Waals surface area contributed by atoms with Crippen molar-refractivity contribution < 1.29 is 23.7 Å². The zero-order valence-electron chi connectivity index (χ0n) is 14.5. The molecule has 0 aliphatic heterocycles. The van der Waals surface area contributed by atoms with Gasteiger partial charge in [0.25, 0.3) is 0 Å². The highest BCUT2D eigenvalue weighted by Gasteiger charge is 2.16. The van der Waals surface area contributed by atoms with E-state index in [2.05, 4.69) is 11.6 Å². The molecule has 0 aliphatic rings. The highest BCUT2D eigenvalue weighted by molar-refractivity contribution is 5.81. The molecule has 0 spiro atoms. The molecule has 0 saturated heterocycles. The molecule has 0 fully saturated rings. The summed E-state index contributed by atoms with van der Waals surface area (Å²) in [5.74, 6) is 2.53. The predicted octanol–water partition coefficient (Wildman–Crippen LogP) is 3.19. The van der Waals surface area contributed by atoms with Gasteiger partial charge in [0.05, 0.1) is 35.5 Å². The standard InChI is InChI=1S/C18H21NO5/c1-11(13-9-16(22-4)19-17(10-13)23-5)12-7-14(20-2)18(24-6)15(8-12)21-3/h7-10H,1H2,2-6H3. The summed E-state index contributed by atoms with van der Waals surface area (Å²) in [6.45, 7) is 4.16. The number of hydrogen-bond acceptors (Lipinski definition) is 6.